The molecule has 0 spiro atoms. The summed E-state index contributed by atoms with van der Waals surface area (Å²) in [6, 6.07) is -0.367. The summed E-state index contributed by atoms with van der Waals surface area (Å²) in [4.78, 5) is 24.6. The first kappa shape index (κ1) is 15.1. The van der Waals surface area contributed by atoms with E-state index in [1.807, 2.05) is 18.7 Å². The summed E-state index contributed by atoms with van der Waals surface area (Å²) < 4.78 is 0. The average molecular weight is 274 g/mol. The van der Waals surface area contributed by atoms with Crippen LogP contribution < -0.4 is 5.32 Å². The normalized spacial score (nSPS) is 17.9. The van der Waals surface area contributed by atoms with E-state index >= 15 is 0 Å². The Morgan fingerprint density at radius 3 is 2.83 bits per heavy atom. The van der Waals surface area contributed by atoms with Gasteiger partial charge in [-0.2, -0.15) is 11.8 Å². The lowest BCUT2D eigenvalue weighted by Crippen LogP contribution is -2.46. The summed E-state index contributed by atoms with van der Waals surface area (Å²) in [5.41, 5.74) is 0. The molecule has 104 valence electrons. The highest BCUT2D eigenvalue weighted by molar-refractivity contribution is 7.99. The SMILES string of the molecule is CCCC(CC(=O)O)NC(=O)N1CCCSCC1. The van der Waals surface area contributed by atoms with Crippen molar-refractivity contribution in [1.29, 1.82) is 0 Å². The molecule has 1 unspecified atom stereocenters. The minimum absolute atomic E-state index is 0.00215. The standard InChI is InChI=1S/C12H22N2O3S/c1-2-4-10(9-11(15)16)13-12(17)14-5-3-7-18-8-6-14/h10H,2-9H2,1H3,(H,13,17)(H,15,16). The van der Waals surface area contributed by atoms with E-state index in [-0.39, 0.29) is 18.5 Å². The van der Waals surface area contributed by atoms with Crippen molar-refractivity contribution in [2.45, 2.75) is 38.6 Å². The number of amides is 2. The van der Waals surface area contributed by atoms with Gasteiger partial charge in [-0.3, -0.25) is 4.79 Å². The van der Waals surface area contributed by atoms with E-state index in [1.165, 1.54) is 0 Å². The summed E-state index contributed by atoms with van der Waals surface area (Å²) in [6.07, 6.45) is 2.59. The van der Waals surface area contributed by atoms with Crippen molar-refractivity contribution >= 4 is 23.8 Å². The third-order valence-electron chi connectivity index (χ3n) is 2.90. The molecule has 6 heteroatoms. The molecule has 2 amide bonds. The number of nitrogens with one attached hydrogen (secondary N) is 1. The Labute approximate surface area is 112 Å². The largest absolute Gasteiger partial charge is 0.481 e. The van der Waals surface area contributed by atoms with Gasteiger partial charge in [0.25, 0.3) is 0 Å². The van der Waals surface area contributed by atoms with Crippen molar-refractivity contribution < 1.29 is 14.7 Å². The van der Waals surface area contributed by atoms with Crippen LogP contribution in [0.1, 0.15) is 32.6 Å². The topological polar surface area (TPSA) is 69.6 Å². The van der Waals surface area contributed by atoms with Crippen molar-refractivity contribution in [2.24, 2.45) is 0 Å². The van der Waals surface area contributed by atoms with E-state index < -0.39 is 5.97 Å². The average Bonchev–Trinajstić information content (AvgIpc) is 2.56. The van der Waals surface area contributed by atoms with Gasteiger partial charge in [-0.15, -0.1) is 0 Å². The Hall–Kier alpha value is -0.910. The van der Waals surface area contributed by atoms with Crippen LogP contribution in [0.2, 0.25) is 0 Å². The number of carbonyl (C=O) groups excluding carboxylic acids is 1. The fourth-order valence-electron chi connectivity index (χ4n) is 2.00. The van der Waals surface area contributed by atoms with Crippen LogP contribution in [-0.2, 0) is 4.79 Å². The molecule has 0 saturated carbocycles. The molecule has 1 aliphatic heterocycles. The van der Waals surface area contributed by atoms with E-state index in [0.717, 1.165) is 37.4 Å². The quantitative estimate of drug-likeness (QED) is 0.801. The molecular formula is C12H22N2O3S. The lowest BCUT2D eigenvalue weighted by atomic mass is 10.1. The molecule has 1 aliphatic rings. The molecule has 1 atom stereocenters. The molecule has 0 aromatic carbocycles. The first-order valence-corrected chi connectivity index (χ1v) is 7.64. The minimum Gasteiger partial charge on any atom is -0.481 e. The zero-order valence-corrected chi connectivity index (χ0v) is 11.7. The van der Waals surface area contributed by atoms with E-state index in [2.05, 4.69) is 5.32 Å². The Morgan fingerprint density at radius 1 is 1.39 bits per heavy atom. The number of hydrogen-bond acceptors (Lipinski definition) is 3. The predicted octanol–water partition coefficient (Wildman–Crippen LogP) is 1.78. The molecule has 5 nitrogen and oxygen atoms in total. The number of carbonyl (C=O) groups is 2. The number of hydrogen-bond donors (Lipinski definition) is 2. The van der Waals surface area contributed by atoms with Crippen molar-refractivity contribution in [3.05, 3.63) is 0 Å². The van der Waals surface area contributed by atoms with Gasteiger partial charge in [-0.1, -0.05) is 13.3 Å². The van der Waals surface area contributed by atoms with Gasteiger partial charge in [-0.05, 0) is 18.6 Å². The number of carboxylic acids is 1. The lowest BCUT2D eigenvalue weighted by Gasteiger charge is -2.24. The van der Waals surface area contributed by atoms with Gasteiger partial charge in [0, 0.05) is 24.9 Å². The molecule has 0 aromatic heterocycles. The summed E-state index contributed by atoms with van der Waals surface area (Å²) in [6.45, 7) is 3.51. The third kappa shape index (κ3) is 5.62. The number of carboxylic acid groups (broad SMARTS) is 1. The van der Waals surface area contributed by atoms with Gasteiger partial charge >= 0.3 is 12.0 Å². The van der Waals surface area contributed by atoms with Gasteiger partial charge in [0.15, 0.2) is 0 Å². The fraction of sp³-hybridized carbons (Fsp3) is 0.833. The Bertz CT molecular complexity index is 278. The maximum Gasteiger partial charge on any atom is 0.317 e. The van der Waals surface area contributed by atoms with Gasteiger partial charge < -0.3 is 15.3 Å². The van der Waals surface area contributed by atoms with Crippen LogP contribution in [0.4, 0.5) is 4.79 Å². The summed E-state index contributed by atoms with van der Waals surface area (Å²) in [7, 11) is 0. The summed E-state index contributed by atoms with van der Waals surface area (Å²) in [5.74, 6) is 1.20. The number of thioether (sulfide) groups is 1. The Kier molecular flexibility index (Phi) is 6.93. The van der Waals surface area contributed by atoms with Crippen LogP contribution in [-0.4, -0.2) is 52.6 Å². The summed E-state index contributed by atoms with van der Waals surface area (Å²) >= 11 is 1.86. The van der Waals surface area contributed by atoms with Crippen molar-refractivity contribution in [1.82, 2.24) is 10.2 Å². The molecule has 0 aliphatic carbocycles. The Morgan fingerprint density at radius 2 is 2.17 bits per heavy atom. The molecule has 0 radical (unpaired) electrons. The molecule has 1 rings (SSSR count). The van der Waals surface area contributed by atoms with Gasteiger partial charge in [0.1, 0.15) is 0 Å². The van der Waals surface area contributed by atoms with Crippen LogP contribution in [0.15, 0.2) is 0 Å². The minimum atomic E-state index is -0.861. The maximum atomic E-state index is 12.0. The van der Waals surface area contributed by atoms with Crippen LogP contribution in [0.5, 0.6) is 0 Å². The molecule has 1 heterocycles. The zero-order chi connectivity index (χ0) is 13.4. The second kappa shape index (κ2) is 8.24. The van der Waals surface area contributed by atoms with Crippen molar-refractivity contribution in [3.8, 4) is 0 Å². The molecule has 18 heavy (non-hydrogen) atoms. The van der Waals surface area contributed by atoms with Gasteiger partial charge in [0.05, 0.1) is 6.42 Å². The highest BCUT2D eigenvalue weighted by atomic mass is 32.2. The predicted molar refractivity (Wildman–Crippen MR) is 73.0 cm³/mol. The van der Waals surface area contributed by atoms with Crippen LogP contribution in [0, 0.1) is 0 Å². The summed E-state index contributed by atoms with van der Waals surface area (Å²) in [5, 5.41) is 11.7. The second-order valence-electron chi connectivity index (χ2n) is 4.49. The first-order chi connectivity index (χ1) is 8.63. The van der Waals surface area contributed by atoms with Crippen molar-refractivity contribution in [3.63, 3.8) is 0 Å². The van der Waals surface area contributed by atoms with Crippen LogP contribution >= 0.6 is 11.8 Å². The molecule has 0 bridgehead atoms. The molecule has 0 aromatic rings. The van der Waals surface area contributed by atoms with Crippen LogP contribution in [0.3, 0.4) is 0 Å². The highest BCUT2D eigenvalue weighted by Gasteiger charge is 2.20. The monoisotopic (exact) mass is 274 g/mol. The third-order valence-corrected chi connectivity index (χ3v) is 3.94. The highest BCUT2D eigenvalue weighted by Crippen LogP contribution is 2.11. The number of nitrogens with zero attached hydrogens (tertiary/aromatic N) is 1. The number of rotatable bonds is 5. The van der Waals surface area contributed by atoms with E-state index in [0.29, 0.717) is 6.42 Å². The van der Waals surface area contributed by atoms with E-state index in [4.69, 9.17) is 5.11 Å². The lowest BCUT2D eigenvalue weighted by molar-refractivity contribution is -0.137. The smallest absolute Gasteiger partial charge is 0.317 e. The fourth-order valence-corrected chi connectivity index (χ4v) is 2.89. The first-order valence-electron chi connectivity index (χ1n) is 6.48. The van der Waals surface area contributed by atoms with E-state index in [9.17, 15) is 9.59 Å². The van der Waals surface area contributed by atoms with Crippen LogP contribution in [0.25, 0.3) is 0 Å². The second-order valence-corrected chi connectivity index (χ2v) is 5.71. The van der Waals surface area contributed by atoms with E-state index in [1.54, 1.807) is 4.90 Å². The van der Waals surface area contributed by atoms with Crippen molar-refractivity contribution in [2.75, 3.05) is 24.6 Å². The molecule has 2 N–H and O–H groups in total. The molecule has 1 saturated heterocycles. The molecular weight excluding hydrogens is 252 g/mol. The number of aliphatic carboxylic acids is 1. The number of urea groups is 1. The van der Waals surface area contributed by atoms with Gasteiger partial charge in [0.2, 0.25) is 0 Å². The maximum absolute atomic E-state index is 12.0. The molecule has 1 fully saturated rings. The zero-order valence-electron chi connectivity index (χ0n) is 10.9. The Balaban J connectivity index is 2.45. The van der Waals surface area contributed by atoms with Gasteiger partial charge in [-0.25, -0.2) is 4.79 Å².